The van der Waals surface area contributed by atoms with Gasteiger partial charge in [-0.1, -0.05) is 31.2 Å². The van der Waals surface area contributed by atoms with E-state index in [-0.39, 0.29) is 6.61 Å². The average Bonchev–Trinajstić information content (AvgIpc) is 2.46. The van der Waals surface area contributed by atoms with Gasteiger partial charge in [0, 0.05) is 7.11 Å². The molecule has 0 radical (unpaired) electrons. The summed E-state index contributed by atoms with van der Waals surface area (Å²) in [7, 11) is 1.57. The summed E-state index contributed by atoms with van der Waals surface area (Å²) in [6, 6.07) is 10.6. The molecular formula is C16H21NO2. The number of hydrogen-bond donors (Lipinski definition) is 1. The monoisotopic (exact) mass is 259 g/mol. The summed E-state index contributed by atoms with van der Waals surface area (Å²) in [4.78, 5) is 0. The number of aliphatic hydroxyl groups is 1. The maximum absolute atomic E-state index is 10.9. The summed E-state index contributed by atoms with van der Waals surface area (Å²) in [5.41, 5.74) is 0.651. The minimum atomic E-state index is -1.08. The molecule has 3 nitrogen and oxygen atoms in total. The second-order valence-corrected chi connectivity index (χ2v) is 5.46. The maximum atomic E-state index is 10.9. The molecule has 0 amide bonds. The smallest absolute Gasteiger partial charge is 0.107 e. The Bertz CT molecular complexity index is 494. The maximum Gasteiger partial charge on any atom is 0.107 e. The van der Waals surface area contributed by atoms with E-state index in [0.717, 1.165) is 6.42 Å². The van der Waals surface area contributed by atoms with E-state index in [9.17, 15) is 10.4 Å². The number of benzene rings is 1. The molecule has 0 bridgehead atoms. The van der Waals surface area contributed by atoms with Crippen molar-refractivity contribution < 1.29 is 9.84 Å². The summed E-state index contributed by atoms with van der Waals surface area (Å²) >= 11 is 0. The first kappa shape index (κ1) is 14.0. The third kappa shape index (κ3) is 2.27. The molecule has 0 saturated heterocycles. The van der Waals surface area contributed by atoms with Crippen LogP contribution in [0, 0.1) is 16.7 Å². The number of nitriles is 1. The summed E-state index contributed by atoms with van der Waals surface area (Å²) < 4.78 is 5.16. The van der Waals surface area contributed by atoms with E-state index in [4.69, 9.17) is 4.74 Å². The molecule has 1 N–H and O–H groups in total. The van der Waals surface area contributed by atoms with Gasteiger partial charge >= 0.3 is 0 Å². The Morgan fingerprint density at radius 1 is 1.42 bits per heavy atom. The molecule has 19 heavy (non-hydrogen) atoms. The fraction of sp³-hybridized carbons (Fsp3) is 0.562. The first-order chi connectivity index (χ1) is 9.11. The van der Waals surface area contributed by atoms with E-state index in [0.29, 0.717) is 19.3 Å². The van der Waals surface area contributed by atoms with Crippen LogP contribution in [0.25, 0.3) is 0 Å². The van der Waals surface area contributed by atoms with Crippen LogP contribution >= 0.6 is 0 Å². The van der Waals surface area contributed by atoms with Crippen LogP contribution in [0.4, 0.5) is 0 Å². The fourth-order valence-electron chi connectivity index (χ4n) is 3.15. The Labute approximate surface area is 114 Å². The number of hydrogen-bond acceptors (Lipinski definition) is 3. The van der Waals surface area contributed by atoms with E-state index in [1.165, 1.54) is 11.1 Å². The van der Waals surface area contributed by atoms with Gasteiger partial charge in [0.25, 0.3) is 0 Å². The third-order valence-electron chi connectivity index (χ3n) is 4.50. The van der Waals surface area contributed by atoms with Crippen LogP contribution in [-0.4, -0.2) is 24.4 Å². The Morgan fingerprint density at radius 3 is 2.68 bits per heavy atom. The molecule has 102 valence electrons. The number of aryl methyl sites for hydroxylation is 1. The predicted molar refractivity (Wildman–Crippen MR) is 73.6 cm³/mol. The van der Waals surface area contributed by atoms with Gasteiger partial charge < -0.3 is 9.84 Å². The highest BCUT2D eigenvalue weighted by molar-refractivity contribution is 5.34. The number of fused-ring (bicyclic) bond motifs is 1. The molecule has 0 aliphatic heterocycles. The van der Waals surface area contributed by atoms with Gasteiger partial charge in [-0.3, -0.25) is 0 Å². The highest BCUT2D eigenvalue weighted by atomic mass is 16.5. The summed E-state index contributed by atoms with van der Waals surface area (Å²) in [5.74, 6) is 0. The van der Waals surface area contributed by atoms with Crippen molar-refractivity contribution in [2.75, 3.05) is 13.7 Å². The quantitative estimate of drug-likeness (QED) is 0.903. The van der Waals surface area contributed by atoms with Crippen LogP contribution < -0.4 is 0 Å². The molecule has 1 aromatic carbocycles. The van der Waals surface area contributed by atoms with Crippen molar-refractivity contribution in [3.05, 3.63) is 35.4 Å². The lowest BCUT2D eigenvalue weighted by Gasteiger charge is -2.44. The number of ether oxygens (including phenoxy) is 1. The number of methoxy groups -OCH3 is 1. The van der Waals surface area contributed by atoms with Gasteiger partial charge in [0.15, 0.2) is 0 Å². The van der Waals surface area contributed by atoms with Gasteiger partial charge in [0.1, 0.15) is 5.60 Å². The van der Waals surface area contributed by atoms with E-state index in [1.807, 2.05) is 19.1 Å². The summed E-state index contributed by atoms with van der Waals surface area (Å²) in [6.45, 7) is 2.12. The Morgan fingerprint density at radius 2 is 2.11 bits per heavy atom. The zero-order chi connectivity index (χ0) is 13.9. The van der Waals surface area contributed by atoms with Crippen LogP contribution in [-0.2, 0) is 17.6 Å². The molecule has 1 aromatic rings. The van der Waals surface area contributed by atoms with Crippen molar-refractivity contribution in [1.29, 1.82) is 5.26 Å². The van der Waals surface area contributed by atoms with Crippen molar-refractivity contribution in [2.45, 2.75) is 38.2 Å². The minimum absolute atomic E-state index is 0.208. The lowest BCUT2D eigenvalue weighted by Crippen LogP contribution is -2.53. The first-order valence-corrected chi connectivity index (χ1v) is 6.80. The van der Waals surface area contributed by atoms with Crippen molar-refractivity contribution in [1.82, 2.24) is 0 Å². The molecule has 0 aromatic heterocycles. The van der Waals surface area contributed by atoms with Crippen LogP contribution in [0.2, 0.25) is 0 Å². The van der Waals surface area contributed by atoms with Crippen molar-refractivity contribution in [2.24, 2.45) is 5.41 Å². The van der Waals surface area contributed by atoms with Crippen LogP contribution in [0.1, 0.15) is 30.9 Å². The minimum Gasteiger partial charge on any atom is -0.386 e. The molecular weight excluding hydrogens is 238 g/mol. The molecule has 3 heteroatoms. The second-order valence-electron chi connectivity index (χ2n) is 5.46. The van der Waals surface area contributed by atoms with Crippen molar-refractivity contribution in [3.63, 3.8) is 0 Å². The van der Waals surface area contributed by atoms with Gasteiger partial charge in [-0.15, -0.1) is 0 Å². The molecule has 0 fully saturated rings. The standard InChI is InChI=1S/C16H21NO2/c1-3-16(18,12-19-2)15(11-17)9-8-13-6-4-5-7-14(13)10-15/h4-7,18H,3,8-10,12H2,1-2H3. The Kier molecular flexibility index (Phi) is 3.93. The largest absolute Gasteiger partial charge is 0.386 e. The third-order valence-corrected chi connectivity index (χ3v) is 4.50. The zero-order valence-corrected chi connectivity index (χ0v) is 11.6. The summed E-state index contributed by atoms with van der Waals surface area (Å²) in [5, 5.41) is 20.6. The molecule has 1 aliphatic carbocycles. The fourth-order valence-corrected chi connectivity index (χ4v) is 3.15. The highest BCUT2D eigenvalue weighted by Gasteiger charge is 2.51. The van der Waals surface area contributed by atoms with E-state index in [2.05, 4.69) is 18.2 Å². The molecule has 2 rings (SSSR count). The molecule has 1 aliphatic rings. The number of rotatable bonds is 4. The van der Waals surface area contributed by atoms with E-state index in [1.54, 1.807) is 7.11 Å². The van der Waals surface area contributed by atoms with Crippen molar-refractivity contribution in [3.8, 4) is 6.07 Å². The zero-order valence-electron chi connectivity index (χ0n) is 11.6. The van der Waals surface area contributed by atoms with Gasteiger partial charge in [0.2, 0.25) is 0 Å². The molecule has 2 atom stereocenters. The van der Waals surface area contributed by atoms with Gasteiger partial charge in [-0.2, -0.15) is 5.26 Å². The first-order valence-electron chi connectivity index (χ1n) is 6.80. The molecule has 0 heterocycles. The van der Waals surface area contributed by atoms with Crippen molar-refractivity contribution >= 4 is 0 Å². The topological polar surface area (TPSA) is 53.2 Å². The lowest BCUT2D eigenvalue weighted by atomic mass is 9.62. The Hall–Kier alpha value is -1.37. The Balaban J connectivity index is 2.39. The number of nitrogens with zero attached hydrogens (tertiary/aromatic N) is 1. The highest BCUT2D eigenvalue weighted by Crippen LogP contribution is 2.45. The average molecular weight is 259 g/mol. The van der Waals surface area contributed by atoms with Crippen LogP contribution in [0.3, 0.4) is 0 Å². The molecule has 0 saturated carbocycles. The molecule has 0 spiro atoms. The second kappa shape index (κ2) is 5.32. The SMILES string of the molecule is CCC(O)(COC)C1(C#N)CCc2ccccc2C1. The normalized spacial score (nSPS) is 25.2. The van der Waals surface area contributed by atoms with Gasteiger partial charge in [-0.25, -0.2) is 0 Å². The van der Waals surface area contributed by atoms with Gasteiger partial charge in [-0.05, 0) is 36.8 Å². The molecule has 2 unspecified atom stereocenters. The van der Waals surface area contributed by atoms with Crippen LogP contribution in [0.15, 0.2) is 24.3 Å². The predicted octanol–water partition coefficient (Wildman–Crippen LogP) is 2.47. The lowest BCUT2D eigenvalue weighted by molar-refractivity contribution is -0.110. The van der Waals surface area contributed by atoms with Gasteiger partial charge in [0.05, 0.1) is 18.1 Å². The van der Waals surface area contributed by atoms with Crippen LogP contribution in [0.5, 0.6) is 0 Å². The van der Waals surface area contributed by atoms with E-state index >= 15 is 0 Å². The summed E-state index contributed by atoms with van der Waals surface area (Å²) in [6.07, 6.45) is 2.66. The van der Waals surface area contributed by atoms with E-state index < -0.39 is 11.0 Å².